The number of benzene rings is 1. The first-order chi connectivity index (χ1) is 12.6. The summed E-state index contributed by atoms with van der Waals surface area (Å²) >= 11 is 0. The minimum atomic E-state index is -3.64. The van der Waals surface area contributed by atoms with Crippen molar-refractivity contribution >= 4 is 27.9 Å². The van der Waals surface area contributed by atoms with Crippen molar-refractivity contribution in [3.8, 4) is 0 Å². The van der Waals surface area contributed by atoms with E-state index in [4.69, 9.17) is 4.74 Å². The summed E-state index contributed by atoms with van der Waals surface area (Å²) in [4.78, 5) is 24.5. The standard InChI is InChI=1S/C19H24N2O5S/c1-12(17(22)21-19(2,3)14-8-9-14)20-18(23)26-11-15-10-13-6-4-5-7-16(13)27(15,24)25/h4-7,10,12,14H,8-9,11H2,1-3H3,(H,20,23)(H,21,22)/t12-/m0/s1. The number of carbonyl (C=O) groups is 2. The van der Waals surface area contributed by atoms with Crippen molar-refractivity contribution in [3.63, 3.8) is 0 Å². The molecule has 1 fully saturated rings. The van der Waals surface area contributed by atoms with Crippen molar-refractivity contribution in [2.45, 2.75) is 50.1 Å². The lowest BCUT2D eigenvalue weighted by molar-refractivity contribution is -0.124. The minimum absolute atomic E-state index is 0.0193. The predicted molar refractivity (Wildman–Crippen MR) is 100 cm³/mol. The van der Waals surface area contributed by atoms with Crippen LogP contribution in [0.3, 0.4) is 0 Å². The van der Waals surface area contributed by atoms with Crippen LogP contribution in [0.5, 0.6) is 0 Å². The number of alkyl carbamates (subject to hydrolysis) is 1. The van der Waals surface area contributed by atoms with Gasteiger partial charge in [0.05, 0.1) is 9.80 Å². The van der Waals surface area contributed by atoms with Crippen molar-refractivity contribution in [2.24, 2.45) is 5.92 Å². The van der Waals surface area contributed by atoms with Gasteiger partial charge in [0.25, 0.3) is 0 Å². The van der Waals surface area contributed by atoms with Crippen LogP contribution in [0, 0.1) is 5.92 Å². The molecule has 1 saturated carbocycles. The molecule has 1 aliphatic heterocycles. The molecular weight excluding hydrogens is 368 g/mol. The first kappa shape index (κ1) is 19.4. The lowest BCUT2D eigenvalue weighted by atomic mass is 9.98. The number of fused-ring (bicyclic) bond motifs is 1. The number of carbonyl (C=O) groups excluding carboxylic acids is 2. The molecule has 3 rings (SSSR count). The van der Waals surface area contributed by atoms with Gasteiger partial charge in [-0.05, 0) is 57.2 Å². The Kier molecular flexibility index (Phi) is 5.03. The molecule has 146 valence electrons. The highest BCUT2D eigenvalue weighted by Gasteiger charge is 2.39. The third kappa shape index (κ3) is 4.16. The van der Waals surface area contributed by atoms with Gasteiger partial charge in [-0.3, -0.25) is 4.79 Å². The van der Waals surface area contributed by atoms with E-state index < -0.39 is 22.0 Å². The molecule has 1 aromatic carbocycles. The molecule has 2 amide bonds. The molecule has 0 saturated heterocycles. The summed E-state index contributed by atoms with van der Waals surface area (Å²) in [6, 6.07) is 5.80. The number of hydrogen-bond acceptors (Lipinski definition) is 5. The third-order valence-electron chi connectivity index (χ3n) is 4.99. The molecule has 0 radical (unpaired) electrons. The summed E-state index contributed by atoms with van der Waals surface area (Å²) in [5, 5.41) is 5.37. The number of rotatable bonds is 6. The van der Waals surface area contributed by atoms with Crippen LogP contribution >= 0.6 is 0 Å². The third-order valence-corrected chi connectivity index (χ3v) is 6.86. The van der Waals surface area contributed by atoms with E-state index in [-0.39, 0.29) is 27.9 Å². The molecule has 8 heteroatoms. The first-order valence-corrected chi connectivity index (χ1v) is 10.4. The summed E-state index contributed by atoms with van der Waals surface area (Å²) < 4.78 is 29.8. The Labute approximate surface area is 159 Å². The van der Waals surface area contributed by atoms with Gasteiger partial charge in [-0.2, -0.15) is 0 Å². The van der Waals surface area contributed by atoms with Crippen LogP contribution in [-0.2, 0) is 19.4 Å². The second kappa shape index (κ2) is 6.99. The molecule has 1 aliphatic carbocycles. The fourth-order valence-electron chi connectivity index (χ4n) is 3.11. The van der Waals surface area contributed by atoms with Crippen LogP contribution in [0.2, 0.25) is 0 Å². The Morgan fingerprint density at radius 1 is 1.26 bits per heavy atom. The Balaban J connectivity index is 1.52. The number of hydrogen-bond donors (Lipinski definition) is 2. The van der Waals surface area contributed by atoms with E-state index in [0.29, 0.717) is 11.5 Å². The summed E-state index contributed by atoms with van der Waals surface area (Å²) in [5.41, 5.74) is 0.261. The van der Waals surface area contributed by atoms with Crippen molar-refractivity contribution in [2.75, 3.05) is 6.61 Å². The molecule has 1 aromatic rings. The van der Waals surface area contributed by atoms with Crippen LogP contribution in [0.25, 0.3) is 6.08 Å². The molecule has 2 N–H and O–H groups in total. The smallest absolute Gasteiger partial charge is 0.408 e. The van der Waals surface area contributed by atoms with E-state index in [0.717, 1.165) is 12.8 Å². The molecule has 1 heterocycles. The Morgan fingerprint density at radius 2 is 1.93 bits per heavy atom. The SMILES string of the molecule is C[C@H](NC(=O)OCC1=Cc2ccccc2S1(=O)=O)C(=O)NC(C)(C)C1CC1. The molecule has 7 nitrogen and oxygen atoms in total. The van der Waals surface area contributed by atoms with Gasteiger partial charge >= 0.3 is 6.09 Å². The van der Waals surface area contributed by atoms with Gasteiger partial charge in [0.2, 0.25) is 15.7 Å². The zero-order valence-electron chi connectivity index (χ0n) is 15.6. The summed E-state index contributed by atoms with van der Waals surface area (Å²) in [5.74, 6) is 0.158. The van der Waals surface area contributed by atoms with Gasteiger partial charge in [-0.25, -0.2) is 13.2 Å². The average molecular weight is 392 g/mol. The van der Waals surface area contributed by atoms with Crippen LogP contribution in [0.4, 0.5) is 4.79 Å². The molecule has 27 heavy (non-hydrogen) atoms. The van der Waals surface area contributed by atoms with Gasteiger partial charge < -0.3 is 15.4 Å². The lowest BCUT2D eigenvalue weighted by Gasteiger charge is -2.28. The van der Waals surface area contributed by atoms with E-state index in [9.17, 15) is 18.0 Å². The molecule has 2 aliphatic rings. The van der Waals surface area contributed by atoms with E-state index in [2.05, 4.69) is 10.6 Å². The fourth-order valence-corrected chi connectivity index (χ4v) is 4.58. The quantitative estimate of drug-likeness (QED) is 0.773. The molecule has 1 atom stereocenters. The van der Waals surface area contributed by atoms with Gasteiger partial charge in [0, 0.05) is 5.54 Å². The summed E-state index contributed by atoms with van der Waals surface area (Å²) in [6.45, 7) is 5.09. The summed E-state index contributed by atoms with van der Waals surface area (Å²) in [6.07, 6.45) is 2.83. The minimum Gasteiger partial charge on any atom is -0.444 e. The highest BCUT2D eigenvalue weighted by atomic mass is 32.2. The second-order valence-corrected chi connectivity index (χ2v) is 9.55. The average Bonchev–Trinajstić information content (AvgIpc) is 3.40. The maximum Gasteiger partial charge on any atom is 0.408 e. The zero-order valence-corrected chi connectivity index (χ0v) is 16.4. The van der Waals surface area contributed by atoms with Crippen LogP contribution in [-0.4, -0.2) is 38.6 Å². The van der Waals surface area contributed by atoms with E-state index in [1.54, 1.807) is 25.1 Å². The summed E-state index contributed by atoms with van der Waals surface area (Å²) in [7, 11) is -3.64. The highest BCUT2D eigenvalue weighted by Crippen LogP contribution is 2.39. The second-order valence-electron chi connectivity index (χ2n) is 7.58. The monoisotopic (exact) mass is 392 g/mol. The zero-order chi connectivity index (χ0) is 19.8. The first-order valence-electron chi connectivity index (χ1n) is 8.91. The van der Waals surface area contributed by atoms with Crippen molar-refractivity contribution in [1.29, 1.82) is 0 Å². The number of ether oxygens (including phenoxy) is 1. The molecule has 0 unspecified atom stereocenters. The van der Waals surface area contributed by atoms with E-state index in [1.807, 2.05) is 13.8 Å². The number of sulfone groups is 1. The van der Waals surface area contributed by atoms with Crippen LogP contribution < -0.4 is 10.6 Å². The Morgan fingerprint density at radius 3 is 2.56 bits per heavy atom. The highest BCUT2D eigenvalue weighted by molar-refractivity contribution is 7.95. The Bertz CT molecular complexity index is 900. The fraction of sp³-hybridized carbons (Fsp3) is 0.474. The van der Waals surface area contributed by atoms with Crippen LogP contribution in [0.15, 0.2) is 34.1 Å². The topological polar surface area (TPSA) is 102 Å². The molecule has 0 bridgehead atoms. The lowest BCUT2D eigenvalue weighted by Crippen LogP contribution is -2.53. The van der Waals surface area contributed by atoms with E-state index >= 15 is 0 Å². The molecule has 0 aromatic heterocycles. The Hall–Kier alpha value is -2.35. The largest absolute Gasteiger partial charge is 0.444 e. The maximum atomic E-state index is 12.4. The van der Waals surface area contributed by atoms with Crippen molar-refractivity contribution in [1.82, 2.24) is 10.6 Å². The number of nitrogens with one attached hydrogen (secondary N) is 2. The van der Waals surface area contributed by atoms with Crippen LogP contribution in [0.1, 0.15) is 39.2 Å². The van der Waals surface area contributed by atoms with Gasteiger partial charge in [-0.15, -0.1) is 0 Å². The van der Waals surface area contributed by atoms with Gasteiger partial charge in [0.1, 0.15) is 12.6 Å². The van der Waals surface area contributed by atoms with E-state index in [1.165, 1.54) is 12.1 Å². The van der Waals surface area contributed by atoms with Gasteiger partial charge in [0.15, 0.2) is 0 Å². The normalized spacial score (nSPS) is 18.9. The predicted octanol–water partition coefficient (Wildman–Crippen LogP) is 2.23. The maximum absolute atomic E-state index is 12.4. The molecular formula is C19H24N2O5S. The van der Waals surface area contributed by atoms with Gasteiger partial charge in [-0.1, -0.05) is 18.2 Å². The van der Waals surface area contributed by atoms with Crippen molar-refractivity contribution < 1.29 is 22.7 Å². The number of amides is 2. The molecule has 0 spiro atoms. The van der Waals surface area contributed by atoms with Crippen molar-refractivity contribution in [3.05, 3.63) is 34.7 Å².